The van der Waals surface area contributed by atoms with Crippen molar-refractivity contribution in [3.05, 3.63) is 30.9 Å². The van der Waals surface area contributed by atoms with E-state index in [2.05, 4.69) is 11.6 Å². The first-order chi connectivity index (χ1) is 5.24. The van der Waals surface area contributed by atoms with Crippen molar-refractivity contribution in [2.45, 2.75) is 6.42 Å². The van der Waals surface area contributed by atoms with Gasteiger partial charge in [0.2, 0.25) is 0 Å². The third kappa shape index (κ3) is 1.77. The van der Waals surface area contributed by atoms with Crippen molar-refractivity contribution in [1.29, 1.82) is 0 Å². The molecular weight excluding hydrogens is 140 g/mol. The summed E-state index contributed by atoms with van der Waals surface area (Å²) in [5.41, 5.74) is 0.507. The van der Waals surface area contributed by atoms with Crippen LogP contribution in [-0.4, -0.2) is 15.3 Å². The first kappa shape index (κ1) is 7.72. The van der Waals surface area contributed by atoms with Crippen molar-refractivity contribution in [2.75, 3.05) is 0 Å². The minimum Gasteiger partial charge on any atom is -0.340 e. The molecule has 11 heavy (non-hydrogen) atoms. The number of carbonyl (C=O) groups is 1. The van der Waals surface area contributed by atoms with E-state index < -0.39 is 0 Å². The summed E-state index contributed by atoms with van der Waals surface area (Å²) in [6.45, 7) is 3.48. The molecule has 3 nitrogen and oxygen atoms in total. The molecule has 0 atom stereocenters. The molecule has 58 valence electrons. The standard InChI is InChI=1S/C8H10N2O/c1-3-4-8(11)7-5-10(2)6-9-7/h3,5-6H,1,4H2,2H3. The highest BCUT2D eigenvalue weighted by Crippen LogP contribution is 1.99. The average molecular weight is 150 g/mol. The van der Waals surface area contributed by atoms with Crippen molar-refractivity contribution < 1.29 is 4.79 Å². The van der Waals surface area contributed by atoms with Crippen LogP contribution in [0.2, 0.25) is 0 Å². The lowest BCUT2D eigenvalue weighted by atomic mass is 10.2. The Morgan fingerprint density at radius 1 is 1.91 bits per heavy atom. The fraction of sp³-hybridized carbons (Fsp3) is 0.250. The van der Waals surface area contributed by atoms with E-state index in [-0.39, 0.29) is 5.78 Å². The normalized spacial score (nSPS) is 9.55. The van der Waals surface area contributed by atoms with Crippen molar-refractivity contribution in [1.82, 2.24) is 9.55 Å². The molecule has 0 saturated carbocycles. The number of allylic oxidation sites excluding steroid dienone is 1. The molecule has 0 bridgehead atoms. The van der Waals surface area contributed by atoms with Crippen molar-refractivity contribution >= 4 is 5.78 Å². The Bertz CT molecular complexity index is 275. The Morgan fingerprint density at radius 3 is 3.09 bits per heavy atom. The van der Waals surface area contributed by atoms with Gasteiger partial charge < -0.3 is 4.57 Å². The quantitative estimate of drug-likeness (QED) is 0.479. The van der Waals surface area contributed by atoms with Gasteiger partial charge in [0.05, 0.1) is 6.33 Å². The molecule has 3 heteroatoms. The minimum absolute atomic E-state index is 0.0144. The van der Waals surface area contributed by atoms with Crippen LogP contribution in [0.1, 0.15) is 16.9 Å². The number of nitrogens with zero attached hydrogens (tertiary/aromatic N) is 2. The van der Waals surface area contributed by atoms with Gasteiger partial charge >= 0.3 is 0 Å². The van der Waals surface area contributed by atoms with Crippen LogP contribution in [0.25, 0.3) is 0 Å². The number of aryl methyl sites for hydroxylation is 1. The highest BCUT2D eigenvalue weighted by atomic mass is 16.1. The van der Waals surface area contributed by atoms with Gasteiger partial charge in [0.25, 0.3) is 0 Å². The zero-order valence-electron chi connectivity index (χ0n) is 6.45. The van der Waals surface area contributed by atoms with E-state index >= 15 is 0 Å². The number of ketones is 1. The molecule has 0 radical (unpaired) electrons. The summed E-state index contributed by atoms with van der Waals surface area (Å²) >= 11 is 0. The summed E-state index contributed by atoms with van der Waals surface area (Å²) in [6.07, 6.45) is 5.25. The lowest BCUT2D eigenvalue weighted by molar-refractivity contribution is 0.0991. The number of Topliss-reactive ketones (excluding diaryl/α,β-unsaturated/α-hetero) is 1. The zero-order valence-corrected chi connectivity index (χ0v) is 6.45. The van der Waals surface area contributed by atoms with Crippen LogP contribution in [0.4, 0.5) is 0 Å². The van der Waals surface area contributed by atoms with Gasteiger partial charge in [-0.25, -0.2) is 4.98 Å². The van der Waals surface area contributed by atoms with Crippen LogP contribution >= 0.6 is 0 Å². The summed E-state index contributed by atoms with van der Waals surface area (Å²) in [5, 5.41) is 0. The van der Waals surface area contributed by atoms with Crippen LogP contribution in [0.3, 0.4) is 0 Å². The maximum atomic E-state index is 11.1. The van der Waals surface area contributed by atoms with Gasteiger partial charge in [0.15, 0.2) is 5.78 Å². The maximum absolute atomic E-state index is 11.1. The van der Waals surface area contributed by atoms with Crippen LogP contribution in [-0.2, 0) is 7.05 Å². The molecule has 0 fully saturated rings. The van der Waals surface area contributed by atoms with Crippen LogP contribution < -0.4 is 0 Å². The highest BCUT2D eigenvalue weighted by Gasteiger charge is 2.04. The SMILES string of the molecule is C=CCC(=O)c1cn(C)cn1. The van der Waals surface area contributed by atoms with Gasteiger partial charge in [-0.2, -0.15) is 0 Å². The number of rotatable bonds is 3. The van der Waals surface area contributed by atoms with Crippen molar-refractivity contribution in [3.63, 3.8) is 0 Å². The molecule has 0 aliphatic rings. The molecule has 0 amide bonds. The zero-order chi connectivity index (χ0) is 8.27. The fourth-order valence-electron chi connectivity index (χ4n) is 0.792. The largest absolute Gasteiger partial charge is 0.340 e. The number of carbonyl (C=O) groups excluding carboxylic acids is 1. The van der Waals surface area contributed by atoms with E-state index in [1.165, 1.54) is 0 Å². The molecule has 1 rings (SSSR count). The number of aromatic nitrogens is 2. The first-order valence-electron chi connectivity index (χ1n) is 3.36. The lowest BCUT2D eigenvalue weighted by Crippen LogP contribution is -1.96. The van der Waals surface area contributed by atoms with E-state index in [9.17, 15) is 4.79 Å². The Morgan fingerprint density at radius 2 is 2.64 bits per heavy atom. The molecule has 1 aromatic rings. The van der Waals surface area contributed by atoms with E-state index in [4.69, 9.17) is 0 Å². The van der Waals surface area contributed by atoms with E-state index in [1.807, 2.05) is 7.05 Å². The maximum Gasteiger partial charge on any atom is 0.186 e. The van der Waals surface area contributed by atoms with Gasteiger partial charge in [-0.1, -0.05) is 6.08 Å². The molecule has 0 aliphatic carbocycles. The summed E-state index contributed by atoms with van der Waals surface area (Å²) in [5.74, 6) is 0.0144. The summed E-state index contributed by atoms with van der Waals surface area (Å²) in [4.78, 5) is 15.0. The lowest BCUT2D eigenvalue weighted by Gasteiger charge is -1.88. The van der Waals surface area contributed by atoms with E-state index in [0.717, 1.165) is 0 Å². The molecule has 0 N–H and O–H groups in total. The monoisotopic (exact) mass is 150 g/mol. The highest BCUT2D eigenvalue weighted by molar-refractivity contribution is 5.94. The van der Waals surface area contributed by atoms with Crippen molar-refractivity contribution in [3.8, 4) is 0 Å². The minimum atomic E-state index is 0.0144. The predicted octanol–water partition coefficient (Wildman–Crippen LogP) is 1.18. The molecule has 0 aromatic carbocycles. The van der Waals surface area contributed by atoms with E-state index in [1.54, 1.807) is 23.2 Å². The van der Waals surface area contributed by atoms with Gasteiger partial charge in [-0.15, -0.1) is 6.58 Å². The molecular formula is C8H10N2O. The third-order valence-corrected chi connectivity index (χ3v) is 1.32. The van der Waals surface area contributed by atoms with Gasteiger partial charge in [-0.3, -0.25) is 4.79 Å². The van der Waals surface area contributed by atoms with Crippen LogP contribution in [0, 0.1) is 0 Å². The molecule has 1 heterocycles. The second-order valence-electron chi connectivity index (χ2n) is 2.34. The van der Waals surface area contributed by atoms with Gasteiger partial charge in [0, 0.05) is 19.7 Å². The molecule has 1 aromatic heterocycles. The second kappa shape index (κ2) is 3.14. The first-order valence-corrected chi connectivity index (χ1v) is 3.36. The summed E-state index contributed by atoms with van der Waals surface area (Å²) in [7, 11) is 1.83. The van der Waals surface area contributed by atoms with Crippen molar-refractivity contribution in [2.24, 2.45) is 7.05 Å². The Labute approximate surface area is 65.4 Å². The summed E-state index contributed by atoms with van der Waals surface area (Å²) in [6, 6.07) is 0. The topological polar surface area (TPSA) is 34.9 Å². The molecule has 0 spiro atoms. The Kier molecular flexibility index (Phi) is 2.21. The number of hydrogen-bond acceptors (Lipinski definition) is 2. The average Bonchev–Trinajstić information content (AvgIpc) is 2.36. The Hall–Kier alpha value is -1.38. The second-order valence-corrected chi connectivity index (χ2v) is 2.34. The smallest absolute Gasteiger partial charge is 0.186 e. The predicted molar refractivity (Wildman–Crippen MR) is 42.4 cm³/mol. The third-order valence-electron chi connectivity index (χ3n) is 1.32. The fourth-order valence-corrected chi connectivity index (χ4v) is 0.792. The number of hydrogen-bond donors (Lipinski definition) is 0. The van der Waals surface area contributed by atoms with Crippen LogP contribution in [0.15, 0.2) is 25.2 Å². The van der Waals surface area contributed by atoms with Crippen LogP contribution in [0.5, 0.6) is 0 Å². The molecule has 0 unspecified atom stereocenters. The summed E-state index contributed by atoms with van der Waals surface area (Å²) < 4.78 is 1.75. The van der Waals surface area contributed by atoms with Gasteiger partial charge in [-0.05, 0) is 0 Å². The van der Waals surface area contributed by atoms with E-state index in [0.29, 0.717) is 12.1 Å². The molecule has 0 aliphatic heterocycles. The molecule has 0 saturated heterocycles. The Balaban J connectivity index is 2.76. The number of imidazole rings is 1. The van der Waals surface area contributed by atoms with Gasteiger partial charge in [0.1, 0.15) is 5.69 Å².